The predicted octanol–water partition coefficient (Wildman–Crippen LogP) is 2.34. The molecule has 2 fully saturated rings. The number of hydrogen-bond acceptors (Lipinski definition) is 4. The summed E-state index contributed by atoms with van der Waals surface area (Å²) in [5, 5.41) is 3.38. The van der Waals surface area contributed by atoms with Gasteiger partial charge in [-0.3, -0.25) is 14.7 Å². The van der Waals surface area contributed by atoms with Gasteiger partial charge in [0.05, 0.1) is 12.1 Å². The van der Waals surface area contributed by atoms with Crippen molar-refractivity contribution in [1.29, 1.82) is 0 Å². The lowest BCUT2D eigenvalue weighted by molar-refractivity contribution is -0.135. The van der Waals surface area contributed by atoms with E-state index in [4.69, 9.17) is 4.74 Å². The maximum atomic E-state index is 13.2. The number of ether oxygens (including phenoxy) is 1. The first kappa shape index (κ1) is 25.8. The third-order valence-corrected chi connectivity index (χ3v) is 6.12. The maximum absolute atomic E-state index is 13.2. The van der Waals surface area contributed by atoms with E-state index >= 15 is 0 Å². The highest BCUT2D eigenvalue weighted by Crippen LogP contribution is 2.17. The van der Waals surface area contributed by atoms with E-state index in [1.807, 2.05) is 11.8 Å². The number of halogens is 2. The molecule has 1 N–H and O–H groups in total. The van der Waals surface area contributed by atoms with Gasteiger partial charge in [-0.05, 0) is 37.5 Å². The number of hydrogen-bond donors (Lipinski definition) is 1. The molecule has 31 heavy (non-hydrogen) atoms. The van der Waals surface area contributed by atoms with Crippen molar-refractivity contribution in [3.63, 3.8) is 0 Å². The van der Waals surface area contributed by atoms with Gasteiger partial charge in [0.2, 0.25) is 5.91 Å². The van der Waals surface area contributed by atoms with Crippen molar-refractivity contribution in [2.24, 2.45) is 4.99 Å². The van der Waals surface area contributed by atoms with Gasteiger partial charge in [-0.2, -0.15) is 0 Å². The van der Waals surface area contributed by atoms with Crippen LogP contribution in [0.4, 0.5) is 4.39 Å². The van der Waals surface area contributed by atoms with Crippen molar-refractivity contribution in [1.82, 2.24) is 20.0 Å². The Kier molecular flexibility index (Phi) is 10.4. The molecule has 0 radical (unpaired) electrons. The van der Waals surface area contributed by atoms with Crippen molar-refractivity contribution >= 4 is 35.8 Å². The Morgan fingerprint density at radius 2 is 1.71 bits per heavy atom. The summed E-state index contributed by atoms with van der Waals surface area (Å²) in [6.07, 6.45) is 2.05. The number of benzene rings is 1. The van der Waals surface area contributed by atoms with Crippen LogP contribution in [0.15, 0.2) is 29.3 Å². The van der Waals surface area contributed by atoms with Crippen LogP contribution >= 0.6 is 24.0 Å². The second kappa shape index (κ2) is 12.5. The predicted molar refractivity (Wildman–Crippen MR) is 131 cm³/mol. The van der Waals surface area contributed by atoms with Gasteiger partial charge in [-0.1, -0.05) is 12.1 Å². The van der Waals surface area contributed by atoms with E-state index in [0.717, 1.165) is 63.6 Å². The van der Waals surface area contributed by atoms with Gasteiger partial charge < -0.3 is 19.9 Å². The fraction of sp³-hybridized carbons (Fsp3) is 0.636. The Morgan fingerprint density at radius 1 is 1.10 bits per heavy atom. The molecule has 2 heterocycles. The number of methoxy groups -OCH3 is 1. The van der Waals surface area contributed by atoms with Crippen molar-refractivity contribution in [3.8, 4) is 0 Å². The van der Waals surface area contributed by atoms with E-state index in [-0.39, 0.29) is 47.8 Å². The summed E-state index contributed by atoms with van der Waals surface area (Å²) in [7, 11) is 3.42. The Labute approximate surface area is 202 Å². The van der Waals surface area contributed by atoms with Crippen LogP contribution in [-0.2, 0) is 9.53 Å². The lowest BCUT2D eigenvalue weighted by Gasteiger charge is -2.39. The number of likely N-dealkylation sites (tertiary alicyclic amines) is 1. The van der Waals surface area contributed by atoms with Crippen LogP contribution in [0.2, 0.25) is 0 Å². The van der Waals surface area contributed by atoms with Crippen molar-refractivity contribution in [2.45, 2.75) is 31.9 Å². The topological polar surface area (TPSA) is 60.4 Å². The monoisotopic (exact) mass is 547 g/mol. The normalized spacial score (nSPS) is 19.7. The number of carbonyl (C=O) groups excluding carboxylic acids is 1. The quantitative estimate of drug-likeness (QED) is 0.337. The largest absolute Gasteiger partial charge is 0.375 e. The Bertz CT molecular complexity index is 719. The first-order valence-electron chi connectivity index (χ1n) is 10.8. The summed E-state index contributed by atoms with van der Waals surface area (Å²) in [4.78, 5) is 23.6. The molecule has 2 atom stereocenters. The lowest BCUT2D eigenvalue weighted by Crippen LogP contribution is -2.57. The van der Waals surface area contributed by atoms with Crippen LogP contribution in [-0.4, -0.2) is 92.6 Å². The molecular formula is C22H35FIN5O2. The molecule has 1 amide bonds. The molecule has 1 aromatic carbocycles. The highest BCUT2D eigenvalue weighted by atomic mass is 127. The zero-order valence-corrected chi connectivity index (χ0v) is 21.0. The van der Waals surface area contributed by atoms with Crippen LogP contribution < -0.4 is 5.32 Å². The summed E-state index contributed by atoms with van der Waals surface area (Å²) in [6.45, 7) is 7.63. The molecule has 174 valence electrons. The number of rotatable bonds is 6. The summed E-state index contributed by atoms with van der Waals surface area (Å²) in [6, 6.07) is 6.30. The maximum Gasteiger partial charge on any atom is 0.239 e. The minimum absolute atomic E-state index is 0. The van der Waals surface area contributed by atoms with Crippen LogP contribution in [0.1, 0.15) is 31.4 Å². The number of guanidine groups is 1. The SMILES string of the molecule is CN=C(NCC(OC)c1ccc(F)cc1)N1CCN(C(C)C(=O)N2CCCC2)CC1.I. The molecule has 0 bridgehead atoms. The average molecular weight is 547 g/mol. The smallest absolute Gasteiger partial charge is 0.239 e. The van der Waals surface area contributed by atoms with E-state index in [1.165, 1.54) is 12.1 Å². The number of amides is 1. The van der Waals surface area contributed by atoms with Crippen LogP contribution in [0.3, 0.4) is 0 Å². The average Bonchev–Trinajstić information content (AvgIpc) is 3.32. The van der Waals surface area contributed by atoms with Crippen LogP contribution in [0.5, 0.6) is 0 Å². The second-order valence-corrected chi connectivity index (χ2v) is 7.94. The standard InChI is InChI=1S/C22H34FN5O2.HI/c1-17(21(29)27-10-4-5-11-27)26-12-14-28(15-13-26)22(24-2)25-16-20(30-3)18-6-8-19(23)9-7-18;/h6-9,17,20H,4-5,10-16H2,1-3H3,(H,24,25);1H. The van der Waals surface area contributed by atoms with E-state index in [1.54, 1.807) is 26.3 Å². The molecule has 1 aromatic rings. The van der Waals surface area contributed by atoms with Gasteiger partial charge in [0, 0.05) is 60.0 Å². The summed E-state index contributed by atoms with van der Waals surface area (Å²) < 4.78 is 18.8. The Morgan fingerprint density at radius 3 is 2.26 bits per heavy atom. The van der Waals surface area contributed by atoms with Gasteiger partial charge in [-0.15, -0.1) is 24.0 Å². The van der Waals surface area contributed by atoms with Gasteiger partial charge in [0.1, 0.15) is 5.82 Å². The third kappa shape index (κ3) is 6.76. The summed E-state index contributed by atoms with van der Waals surface area (Å²) >= 11 is 0. The highest BCUT2D eigenvalue weighted by molar-refractivity contribution is 14.0. The number of nitrogens with one attached hydrogen (secondary N) is 1. The molecule has 0 aromatic heterocycles. The Balaban J connectivity index is 0.00000341. The van der Waals surface area contributed by atoms with Gasteiger partial charge >= 0.3 is 0 Å². The fourth-order valence-corrected chi connectivity index (χ4v) is 4.21. The minimum atomic E-state index is -0.257. The minimum Gasteiger partial charge on any atom is -0.375 e. The molecule has 9 heteroatoms. The zero-order valence-electron chi connectivity index (χ0n) is 18.7. The molecule has 2 saturated heterocycles. The molecule has 0 aliphatic carbocycles. The van der Waals surface area contributed by atoms with Gasteiger partial charge in [0.15, 0.2) is 5.96 Å². The van der Waals surface area contributed by atoms with Gasteiger partial charge in [0.25, 0.3) is 0 Å². The highest BCUT2D eigenvalue weighted by Gasteiger charge is 2.30. The van der Waals surface area contributed by atoms with E-state index in [2.05, 4.69) is 20.1 Å². The van der Waals surface area contributed by atoms with E-state index in [9.17, 15) is 9.18 Å². The Hall–Kier alpha value is -1.46. The van der Waals surface area contributed by atoms with Crippen molar-refractivity contribution in [3.05, 3.63) is 35.6 Å². The second-order valence-electron chi connectivity index (χ2n) is 7.94. The molecule has 7 nitrogen and oxygen atoms in total. The number of piperazine rings is 1. The summed E-state index contributed by atoms with van der Waals surface area (Å²) in [5.74, 6) is 0.815. The van der Waals surface area contributed by atoms with Crippen molar-refractivity contribution in [2.75, 3.05) is 60.0 Å². The molecule has 0 saturated carbocycles. The van der Waals surface area contributed by atoms with Crippen molar-refractivity contribution < 1.29 is 13.9 Å². The molecule has 2 unspecified atom stereocenters. The lowest BCUT2D eigenvalue weighted by atomic mass is 10.1. The molecular weight excluding hydrogens is 512 g/mol. The number of carbonyl (C=O) groups is 1. The third-order valence-electron chi connectivity index (χ3n) is 6.12. The number of nitrogens with zero attached hydrogens (tertiary/aromatic N) is 4. The molecule has 0 spiro atoms. The molecule has 2 aliphatic heterocycles. The first-order chi connectivity index (χ1) is 14.5. The summed E-state index contributed by atoms with van der Waals surface area (Å²) in [5.41, 5.74) is 0.918. The molecule has 3 rings (SSSR count). The van der Waals surface area contributed by atoms with Gasteiger partial charge in [-0.25, -0.2) is 4.39 Å². The van der Waals surface area contributed by atoms with Crippen LogP contribution in [0, 0.1) is 5.82 Å². The zero-order chi connectivity index (χ0) is 21.5. The van der Waals surface area contributed by atoms with Crippen LogP contribution in [0.25, 0.3) is 0 Å². The van der Waals surface area contributed by atoms with E-state index in [0.29, 0.717) is 6.54 Å². The van der Waals surface area contributed by atoms with E-state index < -0.39 is 0 Å². The fourth-order valence-electron chi connectivity index (χ4n) is 4.21. The number of aliphatic imine (C=N–C) groups is 1. The molecule has 2 aliphatic rings. The first-order valence-corrected chi connectivity index (χ1v) is 10.8.